The molecule has 2 aliphatic rings. The van der Waals surface area contributed by atoms with E-state index < -0.39 is 0 Å². The van der Waals surface area contributed by atoms with Gasteiger partial charge in [0.05, 0.1) is 0 Å². The monoisotopic (exact) mass is 124 g/mol. The summed E-state index contributed by atoms with van der Waals surface area (Å²) in [5.41, 5.74) is 0. The summed E-state index contributed by atoms with van der Waals surface area (Å²) < 4.78 is 0. The fourth-order valence-corrected chi connectivity index (χ4v) is 2.10. The molecule has 0 heterocycles. The van der Waals surface area contributed by atoms with Crippen LogP contribution in [0.3, 0.4) is 0 Å². The van der Waals surface area contributed by atoms with Crippen molar-refractivity contribution < 1.29 is 5.11 Å². The van der Waals surface area contributed by atoms with Gasteiger partial charge in [0.25, 0.3) is 0 Å². The van der Waals surface area contributed by atoms with E-state index in [2.05, 4.69) is 12.2 Å². The zero-order valence-electron chi connectivity index (χ0n) is 5.46. The molecule has 0 radical (unpaired) electrons. The topological polar surface area (TPSA) is 20.2 Å². The van der Waals surface area contributed by atoms with Gasteiger partial charge in [0, 0.05) is 6.61 Å². The first kappa shape index (κ1) is 5.48. The van der Waals surface area contributed by atoms with Gasteiger partial charge in [-0.2, -0.15) is 0 Å². The number of hydrogen-bond donors (Lipinski definition) is 1. The lowest BCUT2D eigenvalue weighted by molar-refractivity contribution is 0.207. The summed E-state index contributed by atoms with van der Waals surface area (Å²) in [6.45, 7) is 0.394. The highest BCUT2D eigenvalue weighted by molar-refractivity contribution is 5.09. The Hall–Kier alpha value is -0.300. The van der Waals surface area contributed by atoms with Crippen LogP contribution in [0.15, 0.2) is 12.2 Å². The molecule has 0 aromatic heterocycles. The van der Waals surface area contributed by atoms with Crippen molar-refractivity contribution in [2.75, 3.05) is 6.61 Å². The van der Waals surface area contributed by atoms with Crippen molar-refractivity contribution in [3.63, 3.8) is 0 Å². The second kappa shape index (κ2) is 1.84. The van der Waals surface area contributed by atoms with Crippen molar-refractivity contribution >= 4 is 0 Å². The van der Waals surface area contributed by atoms with Crippen LogP contribution in [0.1, 0.15) is 12.8 Å². The smallest absolute Gasteiger partial charge is 0.0465 e. The molecule has 9 heavy (non-hydrogen) atoms. The van der Waals surface area contributed by atoms with E-state index in [0.29, 0.717) is 12.5 Å². The molecule has 1 saturated carbocycles. The van der Waals surface area contributed by atoms with Crippen LogP contribution in [0.4, 0.5) is 0 Å². The first-order valence-corrected chi connectivity index (χ1v) is 3.69. The molecule has 1 N–H and O–H groups in total. The molecule has 0 amide bonds. The molecule has 2 aliphatic carbocycles. The van der Waals surface area contributed by atoms with Crippen LogP contribution in [-0.2, 0) is 0 Å². The van der Waals surface area contributed by atoms with Crippen molar-refractivity contribution in [3.05, 3.63) is 12.2 Å². The number of aliphatic hydroxyl groups excluding tert-OH is 1. The van der Waals surface area contributed by atoms with Crippen LogP contribution in [0.5, 0.6) is 0 Å². The zero-order valence-corrected chi connectivity index (χ0v) is 5.46. The lowest BCUT2D eigenvalue weighted by Gasteiger charge is -2.13. The van der Waals surface area contributed by atoms with E-state index in [0.717, 1.165) is 11.8 Å². The molecule has 50 valence electrons. The van der Waals surface area contributed by atoms with Gasteiger partial charge in [0.1, 0.15) is 0 Å². The third kappa shape index (κ3) is 0.715. The molecule has 1 fully saturated rings. The molecule has 1 heteroatoms. The van der Waals surface area contributed by atoms with Gasteiger partial charge in [-0.05, 0) is 30.6 Å². The number of allylic oxidation sites excluding steroid dienone is 2. The van der Waals surface area contributed by atoms with Crippen molar-refractivity contribution in [1.29, 1.82) is 0 Å². The summed E-state index contributed by atoms with van der Waals surface area (Å²) in [6, 6.07) is 0. The minimum atomic E-state index is 0.394. The summed E-state index contributed by atoms with van der Waals surface area (Å²) >= 11 is 0. The summed E-state index contributed by atoms with van der Waals surface area (Å²) in [5.74, 6) is 2.13. The molecule has 0 aliphatic heterocycles. The predicted octanol–water partition coefficient (Wildman–Crippen LogP) is 1.19. The molecule has 3 atom stereocenters. The van der Waals surface area contributed by atoms with Crippen molar-refractivity contribution in [1.82, 2.24) is 0 Å². The standard InChI is InChI=1S/C8H12O/c9-5-8-4-6-1-2-7(8)3-6/h1-2,6-9H,3-5H2/t6-,7+,8+/m0/s1. The molecule has 0 saturated heterocycles. The van der Waals surface area contributed by atoms with E-state index in [-0.39, 0.29) is 0 Å². The summed E-state index contributed by atoms with van der Waals surface area (Å²) in [5, 5.41) is 8.85. The molecule has 2 rings (SSSR count). The highest BCUT2D eigenvalue weighted by Gasteiger charge is 2.34. The van der Waals surface area contributed by atoms with Crippen molar-refractivity contribution in [2.24, 2.45) is 17.8 Å². The molecule has 0 spiro atoms. The Morgan fingerprint density at radius 3 is 2.56 bits per heavy atom. The van der Waals surface area contributed by atoms with E-state index in [1.54, 1.807) is 0 Å². The SMILES string of the molecule is OC[C@H]1C[C@H]2C=C[C@@H]1C2. The maximum atomic E-state index is 8.85. The Labute approximate surface area is 55.4 Å². The molecule has 0 aromatic rings. The maximum absolute atomic E-state index is 8.85. The van der Waals surface area contributed by atoms with Gasteiger partial charge in [-0.15, -0.1) is 0 Å². The maximum Gasteiger partial charge on any atom is 0.0465 e. The van der Waals surface area contributed by atoms with Gasteiger partial charge < -0.3 is 5.11 Å². The second-order valence-electron chi connectivity index (χ2n) is 3.22. The van der Waals surface area contributed by atoms with Crippen LogP contribution < -0.4 is 0 Å². The predicted molar refractivity (Wildman–Crippen MR) is 35.9 cm³/mol. The number of hydrogen-bond acceptors (Lipinski definition) is 1. The van der Waals surface area contributed by atoms with Crippen molar-refractivity contribution in [2.45, 2.75) is 12.8 Å². The number of fused-ring (bicyclic) bond motifs is 2. The molecule has 0 aromatic carbocycles. The van der Waals surface area contributed by atoms with Crippen LogP contribution in [0.25, 0.3) is 0 Å². The average molecular weight is 124 g/mol. The lowest BCUT2D eigenvalue weighted by Crippen LogP contribution is -2.10. The second-order valence-corrected chi connectivity index (χ2v) is 3.22. The average Bonchev–Trinajstić information content (AvgIpc) is 2.45. The quantitative estimate of drug-likeness (QED) is 0.520. The highest BCUT2D eigenvalue weighted by Crippen LogP contribution is 2.42. The summed E-state index contributed by atoms with van der Waals surface area (Å²) in [7, 11) is 0. The van der Waals surface area contributed by atoms with E-state index in [1.807, 2.05) is 0 Å². The number of rotatable bonds is 1. The summed E-state index contributed by atoms with van der Waals surface area (Å²) in [6.07, 6.45) is 7.12. The minimum absolute atomic E-state index is 0.394. The minimum Gasteiger partial charge on any atom is -0.396 e. The van der Waals surface area contributed by atoms with Gasteiger partial charge in [-0.1, -0.05) is 12.2 Å². The van der Waals surface area contributed by atoms with Crippen LogP contribution in [-0.4, -0.2) is 11.7 Å². The van der Waals surface area contributed by atoms with E-state index in [4.69, 9.17) is 5.11 Å². The first-order valence-electron chi connectivity index (χ1n) is 3.69. The highest BCUT2D eigenvalue weighted by atomic mass is 16.3. The van der Waals surface area contributed by atoms with E-state index >= 15 is 0 Å². The Bertz CT molecular complexity index is 140. The molecular weight excluding hydrogens is 112 g/mol. The Kier molecular flexibility index (Phi) is 1.12. The Morgan fingerprint density at radius 1 is 1.33 bits per heavy atom. The van der Waals surface area contributed by atoms with Gasteiger partial charge in [0.15, 0.2) is 0 Å². The van der Waals surface area contributed by atoms with Crippen LogP contribution in [0, 0.1) is 17.8 Å². The van der Waals surface area contributed by atoms with Gasteiger partial charge >= 0.3 is 0 Å². The molecular formula is C8H12O. The summed E-state index contributed by atoms with van der Waals surface area (Å²) in [4.78, 5) is 0. The van der Waals surface area contributed by atoms with Gasteiger partial charge in [-0.25, -0.2) is 0 Å². The number of aliphatic hydroxyl groups is 1. The third-order valence-electron chi connectivity index (χ3n) is 2.65. The van der Waals surface area contributed by atoms with Crippen LogP contribution >= 0.6 is 0 Å². The zero-order chi connectivity index (χ0) is 6.27. The van der Waals surface area contributed by atoms with Gasteiger partial charge in [0.2, 0.25) is 0 Å². The Morgan fingerprint density at radius 2 is 2.22 bits per heavy atom. The fraction of sp³-hybridized carbons (Fsp3) is 0.750. The normalized spacial score (nSPS) is 46.6. The van der Waals surface area contributed by atoms with E-state index in [9.17, 15) is 0 Å². The third-order valence-corrected chi connectivity index (χ3v) is 2.65. The fourth-order valence-electron chi connectivity index (χ4n) is 2.10. The Balaban J connectivity index is 2.10. The molecule has 0 unspecified atom stereocenters. The van der Waals surface area contributed by atoms with E-state index in [1.165, 1.54) is 12.8 Å². The van der Waals surface area contributed by atoms with Crippen LogP contribution in [0.2, 0.25) is 0 Å². The lowest BCUT2D eigenvalue weighted by atomic mass is 9.95. The first-order chi connectivity index (χ1) is 4.40. The largest absolute Gasteiger partial charge is 0.396 e. The van der Waals surface area contributed by atoms with Gasteiger partial charge in [-0.3, -0.25) is 0 Å². The van der Waals surface area contributed by atoms with Crippen molar-refractivity contribution in [3.8, 4) is 0 Å². The molecule has 2 bridgehead atoms. The molecule has 1 nitrogen and oxygen atoms in total.